The van der Waals surface area contributed by atoms with Crippen LogP contribution in [0.4, 0.5) is 0 Å². The molecule has 0 aliphatic heterocycles. The van der Waals surface area contributed by atoms with Crippen molar-refractivity contribution < 1.29 is 4.79 Å². The Hall–Kier alpha value is -1.38. The molecule has 2 N–H and O–H groups in total. The number of halogens is 1. The number of allylic oxidation sites excluding steroid dienone is 2. The first-order valence-corrected chi connectivity index (χ1v) is 5.43. The topological polar surface area (TPSA) is 43.1 Å². The summed E-state index contributed by atoms with van der Waals surface area (Å²) in [4.78, 5) is 11.1. The zero-order chi connectivity index (χ0) is 11.6. The minimum atomic E-state index is -1.04. The van der Waals surface area contributed by atoms with Gasteiger partial charge in [0.2, 0.25) is 5.24 Å². The fourth-order valence-corrected chi connectivity index (χ4v) is 1.78. The first-order valence-electron chi connectivity index (χ1n) is 5.05. The van der Waals surface area contributed by atoms with Gasteiger partial charge in [-0.3, -0.25) is 4.79 Å². The molecule has 0 amide bonds. The smallest absolute Gasteiger partial charge is 0.245 e. The van der Waals surface area contributed by atoms with Crippen molar-refractivity contribution in [1.29, 1.82) is 0 Å². The van der Waals surface area contributed by atoms with Crippen molar-refractivity contribution in [3.63, 3.8) is 0 Å². The molecule has 0 bridgehead atoms. The van der Waals surface area contributed by atoms with Crippen molar-refractivity contribution in [1.82, 2.24) is 0 Å². The van der Waals surface area contributed by atoms with Gasteiger partial charge >= 0.3 is 0 Å². The Morgan fingerprint density at radius 1 is 1.31 bits per heavy atom. The molecule has 2 rings (SSSR count). The van der Waals surface area contributed by atoms with Crippen LogP contribution >= 0.6 is 11.6 Å². The average molecular weight is 234 g/mol. The van der Waals surface area contributed by atoms with E-state index < -0.39 is 10.8 Å². The molecule has 1 aromatic rings. The first kappa shape index (κ1) is 11.1. The van der Waals surface area contributed by atoms with Crippen LogP contribution in [-0.4, -0.2) is 10.8 Å². The maximum atomic E-state index is 11.1. The van der Waals surface area contributed by atoms with Crippen LogP contribution < -0.4 is 5.73 Å². The normalized spacial score (nSPS) is 24.0. The molecule has 1 unspecified atom stereocenters. The molecule has 1 aromatic carbocycles. The molecule has 1 aliphatic rings. The fraction of sp³-hybridized carbons (Fsp3) is 0.154. The third-order valence-corrected chi connectivity index (χ3v) is 3.04. The van der Waals surface area contributed by atoms with Gasteiger partial charge in [0.15, 0.2) is 0 Å². The number of carbonyl (C=O) groups excluding carboxylic acids is 1. The lowest BCUT2D eigenvalue weighted by molar-refractivity contribution is -0.114. The molecule has 0 saturated carbocycles. The van der Waals surface area contributed by atoms with Gasteiger partial charge in [0.1, 0.15) is 5.54 Å². The van der Waals surface area contributed by atoms with Crippen molar-refractivity contribution >= 4 is 22.4 Å². The quantitative estimate of drug-likeness (QED) is 0.798. The number of hydrogen-bond donors (Lipinski definition) is 1. The average Bonchev–Trinajstić information content (AvgIpc) is 2.31. The molecular formula is C13H12ClNO. The fourth-order valence-electron chi connectivity index (χ4n) is 1.64. The Labute approximate surface area is 99.4 Å². The number of carbonyl (C=O) groups is 1. The van der Waals surface area contributed by atoms with Crippen LogP contribution in [0.15, 0.2) is 48.6 Å². The van der Waals surface area contributed by atoms with Crippen molar-refractivity contribution in [3.05, 3.63) is 54.1 Å². The van der Waals surface area contributed by atoms with E-state index in [1.165, 1.54) is 0 Å². The maximum Gasteiger partial charge on any atom is 0.245 e. The van der Waals surface area contributed by atoms with Crippen LogP contribution in [0.1, 0.15) is 12.0 Å². The molecular weight excluding hydrogens is 222 g/mol. The standard InChI is InChI=1S/C13H12ClNO/c14-12(16)13(15)8-6-11(7-9-13)10-4-2-1-3-5-10/h1-8H,9,15H2. The summed E-state index contributed by atoms with van der Waals surface area (Å²) in [5, 5.41) is -0.521. The summed E-state index contributed by atoms with van der Waals surface area (Å²) in [6.45, 7) is 0. The highest BCUT2D eigenvalue weighted by Crippen LogP contribution is 2.26. The van der Waals surface area contributed by atoms with E-state index in [4.69, 9.17) is 17.3 Å². The highest BCUT2D eigenvalue weighted by atomic mass is 35.5. The Morgan fingerprint density at radius 2 is 2.00 bits per heavy atom. The molecule has 0 spiro atoms. The van der Waals surface area contributed by atoms with Gasteiger partial charge in [0, 0.05) is 0 Å². The molecule has 16 heavy (non-hydrogen) atoms. The summed E-state index contributed by atoms with van der Waals surface area (Å²) >= 11 is 5.45. The molecule has 0 aromatic heterocycles. The zero-order valence-electron chi connectivity index (χ0n) is 8.69. The Bertz CT molecular complexity index is 464. The number of hydrogen-bond acceptors (Lipinski definition) is 2. The van der Waals surface area contributed by atoms with Gasteiger partial charge in [-0.1, -0.05) is 48.6 Å². The highest BCUT2D eigenvalue weighted by molar-refractivity contribution is 6.66. The molecule has 0 radical (unpaired) electrons. The summed E-state index contributed by atoms with van der Waals surface area (Å²) in [7, 11) is 0. The van der Waals surface area contributed by atoms with E-state index in [2.05, 4.69) is 0 Å². The Morgan fingerprint density at radius 3 is 2.50 bits per heavy atom. The molecule has 0 saturated heterocycles. The van der Waals surface area contributed by atoms with Crippen LogP contribution in [0.25, 0.3) is 5.57 Å². The van der Waals surface area contributed by atoms with Gasteiger partial charge in [0.05, 0.1) is 0 Å². The first-order chi connectivity index (χ1) is 7.62. The second-order valence-electron chi connectivity index (χ2n) is 3.88. The minimum Gasteiger partial charge on any atom is -0.314 e. The Balaban J connectivity index is 2.23. The van der Waals surface area contributed by atoms with E-state index in [1.54, 1.807) is 6.08 Å². The number of benzene rings is 1. The number of rotatable bonds is 2. The zero-order valence-corrected chi connectivity index (χ0v) is 9.45. The van der Waals surface area contributed by atoms with Crippen LogP contribution in [-0.2, 0) is 4.79 Å². The van der Waals surface area contributed by atoms with Crippen molar-refractivity contribution in [2.24, 2.45) is 5.73 Å². The van der Waals surface area contributed by atoms with Gasteiger partial charge in [-0.2, -0.15) is 0 Å². The summed E-state index contributed by atoms with van der Waals surface area (Å²) in [6, 6.07) is 9.94. The van der Waals surface area contributed by atoms with Crippen LogP contribution in [0.2, 0.25) is 0 Å². The van der Waals surface area contributed by atoms with E-state index in [-0.39, 0.29) is 0 Å². The largest absolute Gasteiger partial charge is 0.314 e. The predicted octanol–water partition coefficient (Wildman–Crippen LogP) is 2.49. The third-order valence-electron chi connectivity index (χ3n) is 2.69. The van der Waals surface area contributed by atoms with Gasteiger partial charge in [-0.25, -0.2) is 0 Å². The van der Waals surface area contributed by atoms with E-state index in [1.807, 2.05) is 42.5 Å². The molecule has 82 valence electrons. The summed E-state index contributed by atoms with van der Waals surface area (Å²) in [5.74, 6) is 0. The monoisotopic (exact) mass is 233 g/mol. The van der Waals surface area contributed by atoms with Crippen molar-refractivity contribution in [3.8, 4) is 0 Å². The van der Waals surface area contributed by atoms with E-state index in [9.17, 15) is 4.79 Å². The van der Waals surface area contributed by atoms with Gasteiger partial charge in [0.25, 0.3) is 0 Å². The van der Waals surface area contributed by atoms with E-state index in [0.29, 0.717) is 6.42 Å². The van der Waals surface area contributed by atoms with Gasteiger partial charge in [-0.05, 0) is 29.2 Å². The molecule has 1 aliphatic carbocycles. The van der Waals surface area contributed by atoms with Crippen molar-refractivity contribution in [2.75, 3.05) is 0 Å². The lowest BCUT2D eigenvalue weighted by atomic mass is 9.88. The Kier molecular flexibility index (Phi) is 2.95. The summed E-state index contributed by atoms with van der Waals surface area (Å²) in [5.41, 5.74) is 6.97. The SMILES string of the molecule is NC1(C(=O)Cl)C=CC(c2ccccc2)=CC1. The lowest BCUT2D eigenvalue weighted by Gasteiger charge is -2.23. The molecule has 3 heteroatoms. The van der Waals surface area contributed by atoms with Crippen LogP contribution in [0.5, 0.6) is 0 Å². The van der Waals surface area contributed by atoms with Crippen LogP contribution in [0, 0.1) is 0 Å². The molecule has 2 nitrogen and oxygen atoms in total. The summed E-state index contributed by atoms with van der Waals surface area (Å²) < 4.78 is 0. The number of nitrogens with two attached hydrogens (primary N) is 1. The second-order valence-corrected chi connectivity index (χ2v) is 4.22. The summed E-state index contributed by atoms with van der Waals surface area (Å²) in [6.07, 6.45) is 5.90. The maximum absolute atomic E-state index is 11.1. The third kappa shape index (κ3) is 2.08. The second kappa shape index (κ2) is 4.24. The molecule has 0 heterocycles. The molecule has 1 atom stereocenters. The lowest BCUT2D eigenvalue weighted by Crippen LogP contribution is -2.44. The molecule has 0 fully saturated rings. The highest BCUT2D eigenvalue weighted by Gasteiger charge is 2.30. The minimum absolute atomic E-state index is 0.441. The van der Waals surface area contributed by atoms with Gasteiger partial charge in [-0.15, -0.1) is 0 Å². The van der Waals surface area contributed by atoms with E-state index >= 15 is 0 Å². The van der Waals surface area contributed by atoms with E-state index in [0.717, 1.165) is 11.1 Å². The van der Waals surface area contributed by atoms with Crippen LogP contribution in [0.3, 0.4) is 0 Å². The van der Waals surface area contributed by atoms with Gasteiger partial charge < -0.3 is 5.73 Å². The predicted molar refractivity (Wildman–Crippen MR) is 66.0 cm³/mol. The van der Waals surface area contributed by atoms with Crippen molar-refractivity contribution in [2.45, 2.75) is 12.0 Å².